The van der Waals surface area contributed by atoms with Crippen molar-refractivity contribution in [1.82, 2.24) is 4.90 Å². The van der Waals surface area contributed by atoms with Crippen LogP contribution < -0.4 is 5.32 Å². The number of nitrogens with one attached hydrogen (secondary N) is 1. The maximum Gasteiger partial charge on any atom is 0.246 e. The molecule has 1 aliphatic heterocycles. The van der Waals surface area contributed by atoms with Gasteiger partial charge in [-0.2, -0.15) is 0 Å². The van der Waals surface area contributed by atoms with E-state index in [0.717, 1.165) is 42.7 Å². The molecular formula is C19H20Cl2N2O. The quantitative estimate of drug-likeness (QED) is 0.822. The summed E-state index contributed by atoms with van der Waals surface area (Å²) >= 11 is 12.4. The van der Waals surface area contributed by atoms with Crippen molar-refractivity contribution in [2.75, 3.05) is 18.4 Å². The van der Waals surface area contributed by atoms with Gasteiger partial charge in [-0.05, 0) is 68.2 Å². The highest BCUT2D eigenvalue weighted by Crippen LogP contribution is 2.33. The molecule has 1 atom stereocenters. The largest absolute Gasteiger partial charge is 0.324 e. The maximum absolute atomic E-state index is 13.0. The second-order valence-electron chi connectivity index (χ2n) is 6.17. The van der Waals surface area contributed by atoms with E-state index in [9.17, 15) is 4.79 Å². The Hall–Kier alpha value is -1.55. The van der Waals surface area contributed by atoms with Gasteiger partial charge in [-0.15, -0.1) is 0 Å². The van der Waals surface area contributed by atoms with Crippen LogP contribution in [0.5, 0.6) is 0 Å². The molecule has 1 saturated heterocycles. The Morgan fingerprint density at radius 3 is 2.54 bits per heavy atom. The molecule has 5 heteroatoms. The van der Waals surface area contributed by atoms with Gasteiger partial charge >= 0.3 is 0 Å². The van der Waals surface area contributed by atoms with Crippen LogP contribution in [0.25, 0.3) is 0 Å². The van der Waals surface area contributed by atoms with Crippen molar-refractivity contribution >= 4 is 34.8 Å². The fraction of sp³-hybridized carbons (Fsp3) is 0.316. The van der Waals surface area contributed by atoms with Crippen molar-refractivity contribution in [1.29, 1.82) is 0 Å². The third-order valence-corrected chi connectivity index (χ3v) is 4.86. The molecule has 2 aromatic carbocycles. The molecule has 0 aromatic heterocycles. The molecule has 0 unspecified atom stereocenters. The second kappa shape index (κ2) is 7.56. The van der Waals surface area contributed by atoms with E-state index in [4.69, 9.17) is 23.2 Å². The van der Waals surface area contributed by atoms with E-state index in [2.05, 4.69) is 10.2 Å². The first kappa shape index (κ1) is 17.3. The first-order chi connectivity index (χ1) is 11.5. The van der Waals surface area contributed by atoms with Crippen LogP contribution in [0.1, 0.15) is 30.0 Å². The maximum atomic E-state index is 13.0. The van der Waals surface area contributed by atoms with Gasteiger partial charge in [0.25, 0.3) is 0 Å². The Kier molecular flexibility index (Phi) is 5.44. The summed E-state index contributed by atoms with van der Waals surface area (Å²) in [6.45, 7) is 3.79. The number of amides is 1. The van der Waals surface area contributed by atoms with Crippen molar-refractivity contribution < 1.29 is 4.79 Å². The summed E-state index contributed by atoms with van der Waals surface area (Å²) in [6.07, 6.45) is 2.19. The van der Waals surface area contributed by atoms with Crippen LogP contribution in [0.2, 0.25) is 10.0 Å². The molecule has 1 fully saturated rings. The lowest BCUT2D eigenvalue weighted by Crippen LogP contribution is -2.35. The van der Waals surface area contributed by atoms with Crippen molar-refractivity contribution in [2.24, 2.45) is 0 Å². The summed E-state index contributed by atoms with van der Waals surface area (Å²) in [5.74, 6) is -0.0632. The predicted molar refractivity (Wildman–Crippen MR) is 99.8 cm³/mol. The molecule has 0 saturated carbocycles. The van der Waals surface area contributed by atoms with Crippen LogP contribution in [-0.4, -0.2) is 23.9 Å². The van der Waals surface area contributed by atoms with Gasteiger partial charge in [-0.3, -0.25) is 9.69 Å². The van der Waals surface area contributed by atoms with Gasteiger partial charge in [0.15, 0.2) is 0 Å². The summed E-state index contributed by atoms with van der Waals surface area (Å²) in [5.41, 5.74) is 2.71. The summed E-state index contributed by atoms with van der Waals surface area (Å²) in [5, 5.41) is 4.13. The minimum Gasteiger partial charge on any atom is -0.324 e. The highest BCUT2D eigenvalue weighted by atomic mass is 35.5. The zero-order chi connectivity index (χ0) is 17.1. The van der Waals surface area contributed by atoms with E-state index >= 15 is 0 Å². The Labute approximate surface area is 152 Å². The number of anilines is 1. The number of carbonyl (C=O) groups is 1. The standard InChI is InChI=1S/C19H20Cl2N2O/c1-13-5-4-6-15(11-13)22-19(24)18(23-9-2-3-10-23)16-8-7-14(20)12-17(16)21/h4-8,11-12,18H,2-3,9-10H2,1H3,(H,22,24)/t18-/m1/s1. The van der Waals surface area contributed by atoms with Gasteiger partial charge in [0, 0.05) is 15.7 Å². The van der Waals surface area contributed by atoms with E-state index in [1.165, 1.54) is 0 Å². The molecule has 3 nitrogen and oxygen atoms in total. The monoisotopic (exact) mass is 362 g/mol. The normalized spacial score (nSPS) is 16.1. The van der Waals surface area contributed by atoms with E-state index in [0.29, 0.717) is 10.0 Å². The smallest absolute Gasteiger partial charge is 0.246 e. The van der Waals surface area contributed by atoms with Gasteiger partial charge in [-0.1, -0.05) is 41.4 Å². The predicted octanol–water partition coefficient (Wildman–Crippen LogP) is 5.08. The van der Waals surface area contributed by atoms with E-state index in [-0.39, 0.29) is 5.91 Å². The topological polar surface area (TPSA) is 32.3 Å². The van der Waals surface area contributed by atoms with Crippen molar-refractivity contribution in [2.45, 2.75) is 25.8 Å². The molecule has 2 aromatic rings. The average Bonchev–Trinajstić information content (AvgIpc) is 3.04. The highest BCUT2D eigenvalue weighted by Gasteiger charge is 2.31. The first-order valence-corrected chi connectivity index (χ1v) is 8.87. The molecule has 0 radical (unpaired) electrons. The number of benzene rings is 2. The molecular weight excluding hydrogens is 343 g/mol. The molecule has 1 N–H and O–H groups in total. The fourth-order valence-corrected chi connectivity index (χ4v) is 3.67. The number of nitrogens with zero attached hydrogens (tertiary/aromatic N) is 1. The van der Waals surface area contributed by atoms with Crippen LogP contribution in [0.4, 0.5) is 5.69 Å². The number of hydrogen-bond donors (Lipinski definition) is 1. The zero-order valence-corrected chi connectivity index (χ0v) is 15.1. The van der Waals surface area contributed by atoms with Gasteiger partial charge in [0.05, 0.1) is 0 Å². The Bertz CT molecular complexity index is 742. The third kappa shape index (κ3) is 3.92. The van der Waals surface area contributed by atoms with Crippen LogP contribution in [0.15, 0.2) is 42.5 Å². The third-order valence-electron chi connectivity index (χ3n) is 4.30. The summed E-state index contributed by atoms with van der Waals surface area (Å²) in [6, 6.07) is 12.7. The minimum absolute atomic E-state index is 0.0632. The van der Waals surface area contributed by atoms with Gasteiger partial charge in [0.1, 0.15) is 6.04 Å². The van der Waals surface area contributed by atoms with Crippen molar-refractivity contribution in [3.05, 3.63) is 63.6 Å². The van der Waals surface area contributed by atoms with Gasteiger partial charge in [-0.25, -0.2) is 0 Å². The SMILES string of the molecule is Cc1cccc(NC(=O)[C@@H](c2ccc(Cl)cc2Cl)N2CCCC2)c1. The van der Waals surface area contributed by atoms with Crippen LogP contribution >= 0.6 is 23.2 Å². The average molecular weight is 363 g/mol. The molecule has 1 heterocycles. The molecule has 24 heavy (non-hydrogen) atoms. The summed E-state index contributed by atoms with van der Waals surface area (Å²) in [7, 11) is 0. The van der Waals surface area contributed by atoms with Crippen molar-refractivity contribution in [3.8, 4) is 0 Å². The molecule has 0 aliphatic carbocycles. The van der Waals surface area contributed by atoms with E-state index < -0.39 is 6.04 Å². The first-order valence-electron chi connectivity index (χ1n) is 8.11. The highest BCUT2D eigenvalue weighted by molar-refractivity contribution is 6.35. The van der Waals surface area contributed by atoms with Crippen molar-refractivity contribution in [3.63, 3.8) is 0 Å². The molecule has 1 aliphatic rings. The number of aryl methyl sites for hydroxylation is 1. The Morgan fingerprint density at radius 2 is 1.88 bits per heavy atom. The van der Waals surface area contributed by atoms with Gasteiger partial charge < -0.3 is 5.32 Å². The fourth-order valence-electron chi connectivity index (χ4n) is 3.16. The lowest BCUT2D eigenvalue weighted by molar-refractivity contribution is -0.121. The molecule has 3 rings (SSSR count). The van der Waals surface area contributed by atoms with Crippen LogP contribution in [0.3, 0.4) is 0 Å². The molecule has 126 valence electrons. The lowest BCUT2D eigenvalue weighted by Gasteiger charge is -2.27. The van der Waals surface area contributed by atoms with E-state index in [1.54, 1.807) is 12.1 Å². The van der Waals surface area contributed by atoms with Gasteiger partial charge in [0.2, 0.25) is 5.91 Å². The number of hydrogen-bond acceptors (Lipinski definition) is 2. The number of halogens is 2. The lowest BCUT2D eigenvalue weighted by atomic mass is 10.0. The Morgan fingerprint density at radius 1 is 1.12 bits per heavy atom. The molecule has 0 spiro atoms. The Balaban J connectivity index is 1.90. The van der Waals surface area contributed by atoms with Crippen LogP contribution in [-0.2, 0) is 4.79 Å². The zero-order valence-electron chi connectivity index (χ0n) is 13.6. The van der Waals surface area contributed by atoms with E-state index in [1.807, 2.05) is 37.3 Å². The summed E-state index contributed by atoms with van der Waals surface area (Å²) in [4.78, 5) is 15.2. The molecule has 0 bridgehead atoms. The summed E-state index contributed by atoms with van der Waals surface area (Å²) < 4.78 is 0. The minimum atomic E-state index is -0.405. The van der Waals surface area contributed by atoms with Crippen LogP contribution in [0, 0.1) is 6.92 Å². The number of carbonyl (C=O) groups excluding carboxylic acids is 1. The molecule has 1 amide bonds. The number of likely N-dealkylation sites (tertiary alicyclic amines) is 1. The number of rotatable bonds is 4. The second-order valence-corrected chi connectivity index (χ2v) is 7.01.